The van der Waals surface area contributed by atoms with Gasteiger partial charge in [0.1, 0.15) is 6.61 Å². The molecule has 2 nitrogen and oxygen atoms in total. The first-order chi connectivity index (χ1) is 5.85. The number of hydrogen-bond acceptors (Lipinski definition) is 2. The Bertz CT molecular complexity index is 79.9. The number of unbranched alkanes of at least 4 members (excludes halogenated alkanes) is 1. The summed E-state index contributed by atoms with van der Waals surface area (Å²) in [5.74, 6) is 0. The molecule has 0 unspecified atom stereocenters. The minimum Gasteiger partial charge on any atom is -0.149 e. The van der Waals surface area contributed by atoms with Gasteiger partial charge < -0.3 is 0 Å². The van der Waals surface area contributed by atoms with Crippen molar-refractivity contribution < 1.29 is 4.84 Å². The van der Waals surface area contributed by atoms with Crippen LogP contribution in [0.25, 0.3) is 0 Å². The third kappa shape index (κ3) is 6.62. The van der Waals surface area contributed by atoms with Crippen LogP contribution in [0, 0.1) is 0 Å². The average molecular weight is 173 g/mol. The quantitative estimate of drug-likeness (QED) is 0.313. The summed E-state index contributed by atoms with van der Waals surface area (Å²) in [6.45, 7) is 9.58. The lowest BCUT2D eigenvalue weighted by atomic mass is 10.4. The Kier molecular flexibility index (Phi) is 8.95. The van der Waals surface area contributed by atoms with Gasteiger partial charge in [-0.15, -0.1) is 4.84 Å². The van der Waals surface area contributed by atoms with E-state index >= 15 is 0 Å². The van der Waals surface area contributed by atoms with Crippen molar-refractivity contribution in [2.75, 3.05) is 19.7 Å². The smallest absolute Gasteiger partial charge is 0.149 e. The van der Waals surface area contributed by atoms with Gasteiger partial charge in [0.2, 0.25) is 0 Å². The van der Waals surface area contributed by atoms with Crippen LogP contribution < -0.4 is 5.06 Å². The second kappa shape index (κ2) is 9.01. The summed E-state index contributed by atoms with van der Waals surface area (Å²) in [5, 5.41) is 2.09. The van der Waals surface area contributed by atoms with Crippen LogP contribution in [0.3, 0.4) is 0 Å². The number of rotatable bonds is 8. The molecule has 73 valence electrons. The molecule has 0 atom stereocenters. The highest BCUT2D eigenvalue weighted by atomic mass is 16.7. The molecular formula is C10H23NO+. The van der Waals surface area contributed by atoms with Crippen LogP contribution in [0.2, 0.25) is 0 Å². The molecule has 0 aromatic heterocycles. The van der Waals surface area contributed by atoms with E-state index in [1.165, 1.54) is 25.7 Å². The van der Waals surface area contributed by atoms with E-state index in [0.717, 1.165) is 19.7 Å². The lowest BCUT2D eigenvalue weighted by molar-refractivity contribution is -0.0724. The predicted molar refractivity (Wildman–Crippen MR) is 53.3 cm³/mol. The van der Waals surface area contributed by atoms with Crippen LogP contribution in [-0.2, 0) is 4.84 Å². The van der Waals surface area contributed by atoms with Crippen LogP contribution >= 0.6 is 0 Å². The zero-order valence-electron chi connectivity index (χ0n) is 8.81. The molecule has 12 heavy (non-hydrogen) atoms. The fraction of sp³-hybridized carbons (Fsp3) is 1.00. The molecule has 0 rings (SSSR count). The lowest BCUT2D eigenvalue weighted by Crippen LogP contribution is -2.32. The number of nitrogens with zero attached hydrogens (tertiary/aromatic N) is 1. The molecule has 0 heterocycles. The van der Waals surface area contributed by atoms with Gasteiger partial charge >= 0.3 is 0 Å². The molecule has 0 bridgehead atoms. The highest BCUT2D eigenvalue weighted by Crippen LogP contribution is 1.94. The Morgan fingerprint density at radius 2 is 1.50 bits per heavy atom. The first kappa shape index (κ1) is 11.9. The highest BCUT2D eigenvalue weighted by Gasteiger charge is 2.13. The zero-order valence-corrected chi connectivity index (χ0v) is 8.81. The molecule has 0 aliphatic rings. The van der Waals surface area contributed by atoms with Crippen molar-refractivity contribution >= 4 is 0 Å². The minimum absolute atomic E-state index is 0.885. The Hall–Kier alpha value is -0.0800. The van der Waals surface area contributed by atoms with Crippen molar-refractivity contribution in [1.82, 2.24) is 5.06 Å². The maximum absolute atomic E-state index is 5.60. The van der Waals surface area contributed by atoms with Gasteiger partial charge in [-0.3, -0.25) is 0 Å². The van der Waals surface area contributed by atoms with Crippen molar-refractivity contribution in [2.24, 2.45) is 0 Å². The lowest BCUT2D eigenvalue weighted by Gasteiger charge is -2.07. The Morgan fingerprint density at radius 1 is 0.917 bits per heavy atom. The first-order valence-corrected chi connectivity index (χ1v) is 5.23. The standard InChI is InChI=1S/C10H23NO/c1-4-7-10-12-11(8-5-2)9-6-3/h4-10H2,1-3H3/q+1. The third-order valence-corrected chi connectivity index (χ3v) is 1.72. The average Bonchev–Trinajstić information content (AvgIpc) is 2.06. The predicted octanol–water partition coefficient (Wildman–Crippen LogP) is 2.68. The molecule has 0 amide bonds. The summed E-state index contributed by atoms with van der Waals surface area (Å²) in [4.78, 5) is 5.60. The topological polar surface area (TPSA) is 15.1 Å². The fourth-order valence-corrected chi connectivity index (χ4v) is 1.08. The molecule has 0 saturated carbocycles. The van der Waals surface area contributed by atoms with Crippen LogP contribution in [0.15, 0.2) is 0 Å². The SMILES string of the molecule is CCCCO[N+](CCC)CCC. The van der Waals surface area contributed by atoms with Crippen molar-refractivity contribution in [3.8, 4) is 0 Å². The summed E-state index contributed by atoms with van der Waals surface area (Å²) in [7, 11) is 0. The molecule has 0 N–H and O–H groups in total. The van der Waals surface area contributed by atoms with E-state index in [2.05, 4.69) is 25.8 Å². The molecule has 0 aromatic carbocycles. The van der Waals surface area contributed by atoms with E-state index in [9.17, 15) is 0 Å². The van der Waals surface area contributed by atoms with Gasteiger partial charge in [0.15, 0.2) is 13.1 Å². The Balaban J connectivity index is 3.34. The molecule has 2 heteroatoms. The second-order valence-corrected chi connectivity index (χ2v) is 3.12. The van der Waals surface area contributed by atoms with Gasteiger partial charge in [-0.05, 0) is 11.5 Å². The Labute approximate surface area is 76.9 Å². The summed E-state index contributed by atoms with van der Waals surface area (Å²) in [6, 6.07) is 0. The van der Waals surface area contributed by atoms with Crippen LogP contribution in [0.1, 0.15) is 46.5 Å². The third-order valence-electron chi connectivity index (χ3n) is 1.72. The van der Waals surface area contributed by atoms with Crippen molar-refractivity contribution in [2.45, 2.75) is 46.5 Å². The molecule has 0 fully saturated rings. The van der Waals surface area contributed by atoms with E-state index in [0.29, 0.717) is 0 Å². The highest BCUT2D eigenvalue weighted by molar-refractivity contribution is 4.48. The summed E-state index contributed by atoms with van der Waals surface area (Å²) < 4.78 is 0. The van der Waals surface area contributed by atoms with E-state index in [4.69, 9.17) is 4.84 Å². The van der Waals surface area contributed by atoms with Crippen LogP contribution in [0.5, 0.6) is 0 Å². The molecule has 0 aromatic rings. The van der Waals surface area contributed by atoms with Gasteiger partial charge in [-0.25, -0.2) is 0 Å². The van der Waals surface area contributed by atoms with Gasteiger partial charge in [-0.1, -0.05) is 27.2 Å². The fourth-order valence-electron chi connectivity index (χ4n) is 1.08. The van der Waals surface area contributed by atoms with Gasteiger partial charge in [0.25, 0.3) is 0 Å². The van der Waals surface area contributed by atoms with Crippen LogP contribution in [0.4, 0.5) is 0 Å². The van der Waals surface area contributed by atoms with E-state index in [1.807, 2.05) is 0 Å². The molecule has 0 saturated heterocycles. The Morgan fingerprint density at radius 3 is 1.92 bits per heavy atom. The van der Waals surface area contributed by atoms with Crippen molar-refractivity contribution in [1.29, 1.82) is 0 Å². The first-order valence-electron chi connectivity index (χ1n) is 5.23. The van der Waals surface area contributed by atoms with E-state index < -0.39 is 0 Å². The van der Waals surface area contributed by atoms with Crippen molar-refractivity contribution in [3.05, 3.63) is 0 Å². The number of hydroxylamine groups is 2. The normalized spacial score (nSPS) is 11.0. The van der Waals surface area contributed by atoms with Crippen molar-refractivity contribution in [3.63, 3.8) is 0 Å². The summed E-state index contributed by atoms with van der Waals surface area (Å²) in [5.41, 5.74) is 0. The van der Waals surface area contributed by atoms with Gasteiger partial charge in [0.05, 0.1) is 0 Å². The maximum atomic E-state index is 5.60. The van der Waals surface area contributed by atoms with Gasteiger partial charge in [0, 0.05) is 12.8 Å². The molecular weight excluding hydrogens is 150 g/mol. The number of hydrogen-bond donors (Lipinski definition) is 0. The largest absolute Gasteiger partial charge is 0.159 e. The summed E-state index contributed by atoms with van der Waals surface area (Å²) in [6.07, 6.45) is 4.73. The zero-order chi connectivity index (χ0) is 9.23. The van der Waals surface area contributed by atoms with Crippen LogP contribution in [-0.4, -0.2) is 19.7 Å². The monoisotopic (exact) mass is 173 g/mol. The minimum atomic E-state index is 0.885. The van der Waals surface area contributed by atoms with Gasteiger partial charge in [-0.2, -0.15) is 0 Å². The maximum Gasteiger partial charge on any atom is 0.159 e. The molecule has 1 radical (unpaired) electrons. The van der Waals surface area contributed by atoms with E-state index in [-0.39, 0.29) is 0 Å². The molecule has 0 spiro atoms. The van der Waals surface area contributed by atoms with E-state index in [1.54, 1.807) is 0 Å². The molecule has 0 aliphatic carbocycles. The summed E-state index contributed by atoms with van der Waals surface area (Å²) >= 11 is 0. The molecule has 0 aliphatic heterocycles. The second-order valence-electron chi connectivity index (χ2n) is 3.12.